The van der Waals surface area contributed by atoms with Gasteiger partial charge in [-0.3, -0.25) is 4.79 Å². The summed E-state index contributed by atoms with van der Waals surface area (Å²) in [5.41, 5.74) is 1.15. The van der Waals surface area contributed by atoms with Crippen LogP contribution in [0.2, 0.25) is 0 Å². The fourth-order valence-electron chi connectivity index (χ4n) is 2.60. The molecule has 3 heteroatoms. The largest absolute Gasteiger partial charge is 0.483 e. The molecule has 1 amide bonds. The zero-order chi connectivity index (χ0) is 13.5. The molecule has 3 nitrogen and oxygen atoms in total. The summed E-state index contributed by atoms with van der Waals surface area (Å²) in [6.45, 7) is 2.21. The van der Waals surface area contributed by atoms with Gasteiger partial charge < -0.3 is 10.1 Å². The number of aryl methyl sites for hydroxylation is 1. The van der Waals surface area contributed by atoms with E-state index in [1.165, 1.54) is 19.3 Å². The van der Waals surface area contributed by atoms with Gasteiger partial charge in [-0.25, -0.2) is 0 Å². The topological polar surface area (TPSA) is 38.3 Å². The maximum Gasteiger partial charge on any atom is 0.258 e. The normalized spacial score (nSPS) is 16.1. The lowest BCUT2D eigenvalue weighted by Crippen LogP contribution is -2.39. The number of amides is 1. The second kappa shape index (κ2) is 7.17. The molecule has 0 heterocycles. The minimum Gasteiger partial charge on any atom is -0.483 e. The average Bonchev–Trinajstić information content (AvgIpc) is 2.46. The lowest BCUT2D eigenvalue weighted by Gasteiger charge is -2.22. The van der Waals surface area contributed by atoms with Crippen molar-refractivity contribution in [2.45, 2.75) is 51.5 Å². The standard InChI is InChI=1S/C16H23NO2/c1-2-13-8-6-7-11-15(13)19-12-16(18)17-14-9-4-3-5-10-14/h6-8,11,14H,2-5,9-10,12H2,1H3,(H,17,18). The molecule has 1 fully saturated rings. The highest BCUT2D eigenvalue weighted by molar-refractivity contribution is 5.77. The summed E-state index contributed by atoms with van der Waals surface area (Å²) in [4.78, 5) is 11.8. The SMILES string of the molecule is CCc1ccccc1OCC(=O)NC1CCCCC1. The van der Waals surface area contributed by atoms with Crippen LogP contribution >= 0.6 is 0 Å². The first kappa shape index (κ1) is 13.9. The summed E-state index contributed by atoms with van der Waals surface area (Å²) < 4.78 is 5.62. The number of benzene rings is 1. The van der Waals surface area contributed by atoms with Crippen molar-refractivity contribution in [3.63, 3.8) is 0 Å². The van der Waals surface area contributed by atoms with Crippen LogP contribution in [0, 0.1) is 0 Å². The maximum atomic E-state index is 11.8. The Bertz CT molecular complexity index is 411. The highest BCUT2D eigenvalue weighted by atomic mass is 16.5. The van der Waals surface area contributed by atoms with Gasteiger partial charge in [0.05, 0.1) is 0 Å². The zero-order valence-corrected chi connectivity index (χ0v) is 11.7. The Labute approximate surface area is 115 Å². The molecule has 0 bridgehead atoms. The molecule has 1 aliphatic carbocycles. The number of nitrogens with one attached hydrogen (secondary N) is 1. The lowest BCUT2D eigenvalue weighted by atomic mass is 9.95. The number of hydrogen-bond acceptors (Lipinski definition) is 2. The van der Waals surface area contributed by atoms with Gasteiger partial charge in [0.1, 0.15) is 5.75 Å². The van der Waals surface area contributed by atoms with Crippen LogP contribution in [-0.4, -0.2) is 18.6 Å². The van der Waals surface area contributed by atoms with Gasteiger partial charge in [0.2, 0.25) is 0 Å². The van der Waals surface area contributed by atoms with Crippen LogP contribution in [0.4, 0.5) is 0 Å². The molecule has 1 aliphatic rings. The predicted molar refractivity (Wildman–Crippen MR) is 76.3 cm³/mol. The van der Waals surface area contributed by atoms with Crippen molar-refractivity contribution >= 4 is 5.91 Å². The zero-order valence-electron chi connectivity index (χ0n) is 11.7. The van der Waals surface area contributed by atoms with Crippen molar-refractivity contribution in [3.05, 3.63) is 29.8 Å². The Balaban J connectivity index is 1.79. The third-order valence-electron chi connectivity index (χ3n) is 3.68. The Kier molecular flexibility index (Phi) is 5.25. The van der Waals surface area contributed by atoms with Crippen LogP contribution in [0.25, 0.3) is 0 Å². The Morgan fingerprint density at radius 1 is 1.26 bits per heavy atom. The fourth-order valence-corrected chi connectivity index (χ4v) is 2.60. The molecule has 0 atom stereocenters. The molecule has 0 aromatic heterocycles. The summed E-state index contributed by atoms with van der Waals surface area (Å²) >= 11 is 0. The smallest absolute Gasteiger partial charge is 0.258 e. The number of rotatable bonds is 5. The molecular weight excluding hydrogens is 238 g/mol. The average molecular weight is 261 g/mol. The minimum atomic E-state index is -0.00203. The van der Waals surface area contributed by atoms with Crippen molar-refractivity contribution in [2.24, 2.45) is 0 Å². The van der Waals surface area contributed by atoms with Gasteiger partial charge in [0.15, 0.2) is 6.61 Å². The van der Waals surface area contributed by atoms with Gasteiger partial charge in [-0.05, 0) is 30.9 Å². The number of carbonyl (C=O) groups is 1. The quantitative estimate of drug-likeness (QED) is 0.884. The van der Waals surface area contributed by atoms with E-state index in [1.807, 2.05) is 24.3 Å². The molecule has 0 aliphatic heterocycles. The van der Waals surface area contributed by atoms with E-state index in [-0.39, 0.29) is 12.5 Å². The molecular formula is C16H23NO2. The lowest BCUT2D eigenvalue weighted by molar-refractivity contribution is -0.124. The van der Waals surface area contributed by atoms with E-state index in [4.69, 9.17) is 4.74 Å². The van der Waals surface area contributed by atoms with Crippen LogP contribution in [0.15, 0.2) is 24.3 Å². The van der Waals surface area contributed by atoms with E-state index in [0.717, 1.165) is 30.6 Å². The van der Waals surface area contributed by atoms with Crippen LogP contribution < -0.4 is 10.1 Å². The third-order valence-corrected chi connectivity index (χ3v) is 3.68. The van der Waals surface area contributed by atoms with E-state index in [0.29, 0.717) is 6.04 Å². The van der Waals surface area contributed by atoms with Crippen LogP contribution in [0.5, 0.6) is 5.75 Å². The van der Waals surface area contributed by atoms with Gasteiger partial charge in [-0.15, -0.1) is 0 Å². The van der Waals surface area contributed by atoms with Crippen molar-refractivity contribution in [3.8, 4) is 5.75 Å². The number of carbonyl (C=O) groups excluding carboxylic acids is 1. The molecule has 1 aromatic rings. The van der Waals surface area contributed by atoms with E-state index in [2.05, 4.69) is 12.2 Å². The minimum absolute atomic E-state index is 0.00203. The molecule has 1 aromatic carbocycles. The van der Waals surface area contributed by atoms with Crippen molar-refractivity contribution in [1.82, 2.24) is 5.32 Å². The molecule has 1 saturated carbocycles. The summed E-state index contributed by atoms with van der Waals surface area (Å²) in [6.07, 6.45) is 6.89. The Morgan fingerprint density at radius 2 is 2.00 bits per heavy atom. The van der Waals surface area contributed by atoms with Gasteiger partial charge in [0.25, 0.3) is 5.91 Å². The Hall–Kier alpha value is -1.51. The first-order chi connectivity index (χ1) is 9.29. The molecule has 0 radical (unpaired) electrons. The van der Waals surface area contributed by atoms with Crippen molar-refractivity contribution in [2.75, 3.05) is 6.61 Å². The van der Waals surface area contributed by atoms with E-state index in [1.54, 1.807) is 0 Å². The van der Waals surface area contributed by atoms with Crippen LogP contribution in [0.3, 0.4) is 0 Å². The molecule has 0 unspecified atom stereocenters. The second-order valence-corrected chi connectivity index (χ2v) is 5.15. The number of ether oxygens (including phenoxy) is 1. The van der Waals surface area contributed by atoms with Gasteiger partial charge in [-0.1, -0.05) is 44.4 Å². The van der Waals surface area contributed by atoms with E-state index < -0.39 is 0 Å². The maximum absolute atomic E-state index is 11.8. The van der Waals surface area contributed by atoms with Gasteiger partial charge >= 0.3 is 0 Å². The van der Waals surface area contributed by atoms with Gasteiger partial charge in [0, 0.05) is 6.04 Å². The number of para-hydroxylation sites is 1. The van der Waals surface area contributed by atoms with Crippen molar-refractivity contribution < 1.29 is 9.53 Å². The highest BCUT2D eigenvalue weighted by Crippen LogP contribution is 2.19. The monoisotopic (exact) mass is 261 g/mol. The summed E-state index contributed by atoms with van der Waals surface area (Å²) in [5.74, 6) is 0.821. The first-order valence-corrected chi connectivity index (χ1v) is 7.29. The molecule has 19 heavy (non-hydrogen) atoms. The summed E-state index contributed by atoms with van der Waals surface area (Å²) in [7, 11) is 0. The summed E-state index contributed by atoms with van der Waals surface area (Å²) in [5, 5.41) is 3.06. The van der Waals surface area contributed by atoms with Crippen LogP contribution in [-0.2, 0) is 11.2 Å². The Morgan fingerprint density at radius 3 is 2.74 bits per heavy atom. The second-order valence-electron chi connectivity index (χ2n) is 5.15. The molecule has 104 valence electrons. The first-order valence-electron chi connectivity index (χ1n) is 7.29. The van der Waals surface area contributed by atoms with E-state index in [9.17, 15) is 4.79 Å². The molecule has 0 spiro atoms. The van der Waals surface area contributed by atoms with Gasteiger partial charge in [-0.2, -0.15) is 0 Å². The number of hydrogen-bond donors (Lipinski definition) is 1. The molecule has 0 saturated heterocycles. The highest BCUT2D eigenvalue weighted by Gasteiger charge is 2.15. The predicted octanol–water partition coefficient (Wildman–Crippen LogP) is 3.08. The van der Waals surface area contributed by atoms with Crippen molar-refractivity contribution in [1.29, 1.82) is 0 Å². The molecule has 1 N–H and O–H groups in total. The summed E-state index contributed by atoms with van der Waals surface area (Å²) in [6, 6.07) is 8.24. The third kappa shape index (κ3) is 4.27. The van der Waals surface area contributed by atoms with E-state index >= 15 is 0 Å². The van der Waals surface area contributed by atoms with Crippen LogP contribution in [0.1, 0.15) is 44.6 Å². The fraction of sp³-hybridized carbons (Fsp3) is 0.562. The molecule has 2 rings (SSSR count).